The van der Waals surface area contributed by atoms with Gasteiger partial charge < -0.3 is 10.4 Å². The number of pyridine rings is 1. The number of aliphatic hydroxyl groups excluding tert-OH is 1. The number of hydrogen-bond acceptors (Lipinski definition) is 4. The second-order valence-electron chi connectivity index (χ2n) is 5.20. The quantitative estimate of drug-likeness (QED) is 0.843. The summed E-state index contributed by atoms with van der Waals surface area (Å²) in [5.41, 5.74) is 1.71. The van der Waals surface area contributed by atoms with E-state index in [1.54, 1.807) is 16.9 Å². The lowest BCUT2D eigenvalue weighted by Crippen LogP contribution is -2.39. The molecule has 100 valence electrons. The van der Waals surface area contributed by atoms with Gasteiger partial charge in [-0.15, -0.1) is 0 Å². The summed E-state index contributed by atoms with van der Waals surface area (Å²) in [6, 6.07) is 1.80. The summed E-state index contributed by atoms with van der Waals surface area (Å²) in [4.78, 5) is 16.4. The first-order chi connectivity index (χ1) is 9.04. The summed E-state index contributed by atoms with van der Waals surface area (Å²) >= 11 is 0. The van der Waals surface area contributed by atoms with E-state index in [0.717, 1.165) is 29.6 Å². The molecule has 0 spiro atoms. The summed E-state index contributed by atoms with van der Waals surface area (Å²) < 4.78 is 1.70. The summed E-state index contributed by atoms with van der Waals surface area (Å²) in [5, 5.41) is 17.3. The molecule has 1 aliphatic rings. The van der Waals surface area contributed by atoms with Gasteiger partial charge in [0.05, 0.1) is 23.4 Å². The van der Waals surface area contributed by atoms with Crippen molar-refractivity contribution in [2.75, 3.05) is 6.61 Å². The van der Waals surface area contributed by atoms with Gasteiger partial charge in [0.1, 0.15) is 0 Å². The van der Waals surface area contributed by atoms with Crippen molar-refractivity contribution in [1.82, 2.24) is 20.1 Å². The molecule has 1 saturated carbocycles. The minimum atomic E-state index is -0.407. The average molecular weight is 260 g/mol. The Kier molecular flexibility index (Phi) is 2.56. The molecule has 6 nitrogen and oxygen atoms in total. The molecule has 1 amide bonds. The van der Waals surface area contributed by atoms with Crippen molar-refractivity contribution in [1.29, 1.82) is 0 Å². The predicted molar refractivity (Wildman–Crippen MR) is 69.8 cm³/mol. The highest BCUT2D eigenvalue weighted by molar-refractivity contribution is 5.97. The Bertz CT molecular complexity index is 658. The molecule has 2 N–H and O–H groups in total. The van der Waals surface area contributed by atoms with E-state index in [0.29, 0.717) is 5.56 Å². The van der Waals surface area contributed by atoms with Crippen LogP contribution in [0, 0.1) is 6.92 Å². The van der Waals surface area contributed by atoms with Crippen LogP contribution in [-0.4, -0.2) is 37.9 Å². The molecule has 0 unspecified atom stereocenters. The molecule has 0 saturated heterocycles. The van der Waals surface area contributed by atoms with Crippen LogP contribution in [0.3, 0.4) is 0 Å². The van der Waals surface area contributed by atoms with Gasteiger partial charge in [-0.3, -0.25) is 9.48 Å². The van der Waals surface area contributed by atoms with Crippen molar-refractivity contribution in [2.24, 2.45) is 7.05 Å². The lowest BCUT2D eigenvalue weighted by Gasteiger charge is -2.13. The van der Waals surface area contributed by atoms with Gasteiger partial charge in [-0.2, -0.15) is 5.10 Å². The second-order valence-corrected chi connectivity index (χ2v) is 5.20. The third kappa shape index (κ3) is 1.98. The first-order valence-electron chi connectivity index (χ1n) is 6.27. The monoisotopic (exact) mass is 260 g/mol. The number of nitrogens with zero attached hydrogens (tertiary/aromatic N) is 3. The Hall–Kier alpha value is -1.95. The Labute approximate surface area is 110 Å². The van der Waals surface area contributed by atoms with Crippen LogP contribution in [0.25, 0.3) is 11.0 Å². The molecular weight excluding hydrogens is 244 g/mol. The molecule has 0 atom stereocenters. The van der Waals surface area contributed by atoms with E-state index in [9.17, 15) is 9.90 Å². The van der Waals surface area contributed by atoms with Crippen LogP contribution in [0.1, 0.15) is 28.9 Å². The average Bonchev–Trinajstić information content (AvgIpc) is 3.12. The second kappa shape index (κ2) is 4.03. The van der Waals surface area contributed by atoms with Crippen molar-refractivity contribution >= 4 is 16.9 Å². The number of carbonyl (C=O) groups excluding carboxylic acids is 1. The number of carbonyl (C=O) groups is 1. The molecule has 0 bridgehead atoms. The van der Waals surface area contributed by atoms with Crippen LogP contribution in [0.2, 0.25) is 0 Å². The fourth-order valence-corrected chi connectivity index (χ4v) is 2.22. The van der Waals surface area contributed by atoms with E-state index < -0.39 is 5.54 Å². The zero-order valence-corrected chi connectivity index (χ0v) is 11.0. The van der Waals surface area contributed by atoms with Crippen LogP contribution >= 0.6 is 0 Å². The summed E-state index contributed by atoms with van der Waals surface area (Å²) in [5.74, 6) is -0.191. The first-order valence-corrected chi connectivity index (χ1v) is 6.27. The zero-order valence-electron chi connectivity index (χ0n) is 11.0. The molecule has 19 heavy (non-hydrogen) atoms. The third-order valence-electron chi connectivity index (χ3n) is 3.66. The Balaban J connectivity index is 1.92. The number of aromatic nitrogens is 3. The largest absolute Gasteiger partial charge is 0.394 e. The van der Waals surface area contributed by atoms with E-state index >= 15 is 0 Å². The van der Waals surface area contributed by atoms with Crippen molar-refractivity contribution in [3.05, 3.63) is 23.5 Å². The maximum Gasteiger partial charge on any atom is 0.253 e. The van der Waals surface area contributed by atoms with Gasteiger partial charge in [-0.05, 0) is 25.8 Å². The Morgan fingerprint density at radius 3 is 2.95 bits per heavy atom. The number of rotatable bonds is 3. The maximum atomic E-state index is 12.1. The highest BCUT2D eigenvalue weighted by atomic mass is 16.3. The fraction of sp³-hybridized carbons (Fsp3) is 0.462. The van der Waals surface area contributed by atoms with Crippen molar-refractivity contribution in [3.8, 4) is 0 Å². The highest BCUT2D eigenvalue weighted by Gasteiger charge is 2.43. The topological polar surface area (TPSA) is 80.0 Å². The van der Waals surface area contributed by atoms with E-state index in [-0.39, 0.29) is 12.5 Å². The summed E-state index contributed by atoms with van der Waals surface area (Å²) in [6.45, 7) is 1.88. The Morgan fingerprint density at radius 1 is 1.58 bits per heavy atom. The molecule has 0 radical (unpaired) electrons. The first kappa shape index (κ1) is 12.1. The van der Waals surface area contributed by atoms with Crippen LogP contribution in [-0.2, 0) is 7.05 Å². The maximum absolute atomic E-state index is 12.1. The third-order valence-corrected chi connectivity index (χ3v) is 3.66. The lowest BCUT2D eigenvalue weighted by atomic mass is 10.2. The summed E-state index contributed by atoms with van der Waals surface area (Å²) in [6.07, 6.45) is 3.21. The van der Waals surface area contributed by atoms with Crippen LogP contribution in [0.5, 0.6) is 0 Å². The number of nitrogens with one attached hydrogen (secondary N) is 1. The Morgan fingerprint density at radius 2 is 2.32 bits per heavy atom. The van der Waals surface area contributed by atoms with Crippen LogP contribution < -0.4 is 5.32 Å². The van der Waals surface area contributed by atoms with E-state index in [1.807, 2.05) is 14.0 Å². The number of fused-ring (bicyclic) bond motifs is 1. The number of amides is 1. The minimum absolute atomic E-state index is 0.0136. The normalized spacial score (nSPS) is 16.6. The van der Waals surface area contributed by atoms with Crippen molar-refractivity contribution in [3.63, 3.8) is 0 Å². The van der Waals surface area contributed by atoms with E-state index in [1.165, 1.54) is 0 Å². The van der Waals surface area contributed by atoms with Gasteiger partial charge in [0, 0.05) is 18.6 Å². The predicted octanol–water partition coefficient (Wildman–Crippen LogP) is 0.531. The zero-order chi connectivity index (χ0) is 13.6. The lowest BCUT2D eigenvalue weighted by molar-refractivity contribution is 0.0906. The standard InChI is InChI=1S/C13H16N4O2/c1-8-10-5-9(6-14-11(10)17(2)16-8)12(19)15-13(7-18)3-4-13/h5-6,18H,3-4,7H2,1-2H3,(H,15,19). The van der Waals surface area contributed by atoms with E-state index in [2.05, 4.69) is 15.4 Å². The smallest absolute Gasteiger partial charge is 0.253 e. The molecule has 0 aliphatic heterocycles. The molecule has 1 fully saturated rings. The van der Waals surface area contributed by atoms with Gasteiger partial charge >= 0.3 is 0 Å². The minimum Gasteiger partial charge on any atom is -0.394 e. The van der Waals surface area contributed by atoms with Crippen LogP contribution in [0.15, 0.2) is 12.3 Å². The SMILES string of the molecule is Cc1nn(C)c2ncc(C(=O)NC3(CO)CC3)cc12. The fourth-order valence-electron chi connectivity index (χ4n) is 2.22. The molecule has 0 aromatic carbocycles. The van der Waals surface area contributed by atoms with Crippen LogP contribution in [0.4, 0.5) is 0 Å². The molecule has 2 heterocycles. The molecule has 2 aromatic rings. The van der Waals surface area contributed by atoms with E-state index in [4.69, 9.17) is 0 Å². The van der Waals surface area contributed by atoms with Gasteiger partial charge in [-0.25, -0.2) is 4.98 Å². The molecular formula is C13H16N4O2. The van der Waals surface area contributed by atoms with Gasteiger partial charge in [-0.1, -0.05) is 0 Å². The molecule has 2 aromatic heterocycles. The number of aliphatic hydroxyl groups is 1. The summed E-state index contributed by atoms with van der Waals surface area (Å²) in [7, 11) is 1.83. The van der Waals surface area contributed by atoms with Crippen molar-refractivity contribution < 1.29 is 9.90 Å². The van der Waals surface area contributed by atoms with Gasteiger partial charge in [0.25, 0.3) is 5.91 Å². The number of hydrogen-bond donors (Lipinski definition) is 2. The van der Waals surface area contributed by atoms with Gasteiger partial charge in [0.15, 0.2) is 5.65 Å². The van der Waals surface area contributed by atoms with Gasteiger partial charge in [0.2, 0.25) is 0 Å². The number of aryl methyl sites for hydroxylation is 2. The highest BCUT2D eigenvalue weighted by Crippen LogP contribution is 2.34. The molecule has 1 aliphatic carbocycles. The van der Waals surface area contributed by atoms with Crippen molar-refractivity contribution in [2.45, 2.75) is 25.3 Å². The molecule has 6 heteroatoms. The molecule has 3 rings (SSSR count).